The molecule has 2 aliphatic rings. The molecule has 1 saturated heterocycles. The lowest BCUT2D eigenvalue weighted by Crippen LogP contribution is -2.44. The van der Waals surface area contributed by atoms with Gasteiger partial charge in [0, 0.05) is 23.9 Å². The van der Waals surface area contributed by atoms with Gasteiger partial charge in [0.2, 0.25) is 11.8 Å². The van der Waals surface area contributed by atoms with Crippen LogP contribution in [0.4, 0.5) is 13.2 Å². The van der Waals surface area contributed by atoms with Crippen molar-refractivity contribution in [1.29, 1.82) is 0 Å². The Kier molecular flexibility index (Phi) is 4.23. The number of nitrogens with one attached hydrogen (secondary N) is 2. The highest BCUT2D eigenvalue weighted by molar-refractivity contribution is 6.31. The zero-order chi connectivity index (χ0) is 17.5. The van der Waals surface area contributed by atoms with Gasteiger partial charge in [0.15, 0.2) is 0 Å². The summed E-state index contributed by atoms with van der Waals surface area (Å²) in [5.41, 5.74) is -1.37. The van der Waals surface area contributed by atoms with Crippen LogP contribution in [0.5, 0.6) is 0 Å². The first-order chi connectivity index (χ1) is 11.2. The molecule has 1 aliphatic heterocycles. The van der Waals surface area contributed by atoms with Gasteiger partial charge in [-0.2, -0.15) is 13.2 Å². The maximum Gasteiger partial charge on any atom is 0.416 e. The first-order valence-corrected chi connectivity index (χ1v) is 8.05. The average Bonchev–Trinajstić information content (AvgIpc) is 3.27. The van der Waals surface area contributed by atoms with Crippen molar-refractivity contribution in [3.05, 3.63) is 34.3 Å². The van der Waals surface area contributed by atoms with Crippen molar-refractivity contribution in [3.63, 3.8) is 0 Å². The van der Waals surface area contributed by atoms with Crippen molar-refractivity contribution in [2.75, 3.05) is 6.54 Å². The lowest BCUT2D eigenvalue weighted by atomic mass is 9.94. The molecule has 0 bridgehead atoms. The molecule has 1 aromatic rings. The molecule has 1 unspecified atom stereocenters. The Morgan fingerprint density at radius 2 is 2.04 bits per heavy atom. The van der Waals surface area contributed by atoms with E-state index in [0.29, 0.717) is 25.8 Å². The Morgan fingerprint density at radius 1 is 1.33 bits per heavy atom. The number of hydrogen-bond donors (Lipinski definition) is 2. The molecule has 1 atom stereocenters. The summed E-state index contributed by atoms with van der Waals surface area (Å²) in [6, 6.07) is 3.14. The number of alkyl halides is 3. The summed E-state index contributed by atoms with van der Waals surface area (Å²) in [7, 11) is 0. The minimum atomic E-state index is -4.47. The van der Waals surface area contributed by atoms with Gasteiger partial charge >= 0.3 is 6.18 Å². The van der Waals surface area contributed by atoms with E-state index >= 15 is 0 Å². The summed E-state index contributed by atoms with van der Waals surface area (Å²) in [5, 5.41) is 5.66. The second-order valence-electron chi connectivity index (χ2n) is 6.30. The summed E-state index contributed by atoms with van der Waals surface area (Å²) in [6.45, 7) is 0.425. The maximum absolute atomic E-state index is 12.9. The molecular weight excluding hydrogens is 345 g/mol. The number of amides is 2. The van der Waals surface area contributed by atoms with Crippen molar-refractivity contribution in [3.8, 4) is 0 Å². The predicted molar refractivity (Wildman–Crippen MR) is 81.2 cm³/mol. The minimum Gasteiger partial charge on any atom is -0.356 e. The lowest BCUT2D eigenvalue weighted by molar-refractivity contribution is -0.137. The van der Waals surface area contributed by atoms with Gasteiger partial charge in [-0.25, -0.2) is 0 Å². The number of halogens is 4. The van der Waals surface area contributed by atoms with Crippen molar-refractivity contribution >= 4 is 23.4 Å². The molecular formula is C16H16ClF3N2O2. The molecule has 1 aliphatic carbocycles. The standard InChI is InChI=1S/C16H16ClF3N2O2/c17-12-2-1-10(16(18,19)20)8-11(12)15(4-5-15)22-14(24)9-3-6-21-13(23)7-9/h1-2,8-9H,3-7H2,(H,21,23)(H,22,24). The highest BCUT2D eigenvalue weighted by Gasteiger charge is 2.48. The molecule has 8 heteroatoms. The van der Waals surface area contributed by atoms with E-state index in [1.54, 1.807) is 0 Å². The fourth-order valence-electron chi connectivity index (χ4n) is 3.00. The molecule has 0 spiro atoms. The van der Waals surface area contributed by atoms with E-state index in [4.69, 9.17) is 11.6 Å². The third-order valence-corrected chi connectivity index (χ3v) is 4.87. The van der Waals surface area contributed by atoms with Crippen LogP contribution in [-0.2, 0) is 21.3 Å². The van der Waals surface area contributed by atoms with E-state index in [-0.39, 0.29) is 28.8 Å². The second kappa shape index (κ2) is 5.95. The Morgan fingerprint density at radius 3 is 2.62 bits per heavy atom. The van der Waals surface area contributed by atoms with E-state index < -0.39 is 23.2 Å². The van der Waals surface area contributed by atoms with E-state index in [2.05, 4.69) is 10.6 Å². The van der Waals surface area contributed by atoms with Crippen LogP contribution in [0.3, 0.4) is 0 Å². The molecule has 1 heterocycles. The Hall–Kier alpha value is -1.76. The lowest BCUT2D eigenvalue weighted by Gasteiger charge is -2.26. The van der Waals surface area contributed by atoms with Gasteiger partial charge in [-0.15, -0.1) is 0 Å². The summed E-state index contributed by atoms with van der Waals surface area (Å²) in [4.78, 5) is 23.8. The van der Waals surface area contributed by atoms with Crippen molar-refractivity contribution in [2.45, 2.75) is 37.4 Å². The third kappa shape index (κ3) is 3.36. The first kappa shape index (κ1) is 17.1. The summed E-state index contributed by atoms with van der Waals surface area (Å²) in [5.74, 6) is -0.958. The Labute approximate surface area is 141 Å². The molecule has 4 nitrogen and oxygen atoms in total. The fourth-order valence-corrected chi connectivity index (χ4v) is 3.30. The third-order valence-electron chi connectivity index (χ3n) is 4.54. The molecule has 2 fully saturated rings. The summed E-state index contributed by atoms with van der Waals surface area (Å²) in [6.07, 6.45) is -2.81. The van der Waals surface area contributed by atoms with Gasteiger partial charge in [0.05, 0.1) is 11.1 Å². The van der Waals surface area contributed by atoms with Gasteiger partial charge in [-0.3, -0.25) is 9.59 Å². The number of carbonyl (C=O) groups excluding carboxylic acids is 2. The van der Waals surface area contributed by atoms with Gasteiger partial charge in [-0.05, 0) is 43.0 Å². The number of carbonyl (C=O) groups is 2. The molecule has 2 N–H and O–H groups in total. The molecule has 0 radical (unpaired) electrons. The van der Waals surface area contributed by atoms with Crippen LogP contribution in [0.1, 0.15) is 36.8 Å². The summed E-state index contributed by atoms with van der Waals surface area (Å²) >= 11 is 6.08. The molecule has 1 aromatic carbocycles. The van der Waals surface area contributed by atoms with Crippen molar-refractivity contribution in [1.82, 2.24) is 10.6 Å². The number of rotatable bonds is 3. The van der Waals surface area contributed by atoms with Crippen LogP contribution in [0.2, 0.25) is 5.02 Å². The zero-order valence-electron chi connectivity index (χ0n) is 12.7. The average molecular weight is 361 g/mol. The maximum atomic E-state index is 12.9. The SMILES string of the molecule is O=C1CC(C(=O)NC2(c3cc(C(F)(F)F)ccc3Cl)CC2)CCN1. The summed E-state index contributed by atoms with van der Waals surface area (Å²) < 4.78 is 38.8. The van der Waals surface area contributed by atoms with Gasteiger partial charge < -0.3 is 10.6 Å². The number of hydrogen-bond acceptors (Lipinski definition) is 2. The molecule has 2 amide bonds. The Balaban J connectivity index is 1.81. The van der Waals surface area contributed by atoms with Crippen LogP contribution in [-0.4, -0.2) is 18.4 Å². The van der Waals surface area contributed by atoms with Crippen LogP contribution in [0, 0.1) is 5.92 Å². The van der Waals surface area contributed by atoms with E-state index in [1.165, 1.54) is 6.07 Å². The van der Waals surface area contributed by atoms with Crippen LogP contribution < -0.4 is 10.6 Å². The predicted octanol–water partition coefficient (Wildman–Crippen LogP) is 2.99. The Bertz CT molecular complexity index is 686. The molecule has 24 heavy (non-hydrogen) atoms. The number of piperidine rings is 1. The second-order valence-corrected chi connectivity index (χ2v) is 6.71. The highest BCUT2D eigenvalue weighted by atomic mass is 35.5. The van der Waals surface area contributed by atoms with Gasteiger partial charge in [0.1, 0.15) is 0 Å². The fraction of sp³-hybridized carbons (Fsp3) is 0.500. The van der Waals surface area contributed by atoms with Crippen LogP contribution in [0.15, 0.2) is 18.2 Å². The first-order valence-electron chi connectivity index (χ1n) is 7.67. The van der Waals surface area contributed by atoms with Crippen LogP contribution in [0.25, 0.3) is 0 Å². The normalized spacial score (nSPS) is 22.7. The van der Waals surface area contributed by atoms with E-state index in [1.807, 2.05) is 0 Å². The zero-order valence-corrected chi connectivity index (χ0v) is 13.4. The molecule has 0 aromatic heterocycles. The molecule has 130 valence electrons. The smallest absolute Gasteiger partial charge is 0.356 e. The van der Waals surface area contributed by atoms with Crippen LogP contribution >= 0.6 is 11.6 Å². The largest absolute Gasteiger partial charge is 0.416 e. The number of benzene rings is 1. The quantitative estimate of drug-likeness (QED) is 0.870. The topological polar surface area (TPSA) is 58.2 Å². The van der Waals surface area contributed by atoms with Gasteiger partial charge in [-0.1, -0.05) is 11.6 Å². The monoisotopic (exact) mass is 360 g/mol. The molecule has 3 rings (SSSR count). The van der Waals surface area contributed by atoms with Crippen molar-refractivity contribution in [2.24, 2.45) is 5.92 Å². The highest BCUT2D eigenvalue weighted by Crippen LogP contribution is 2.49. The van der Waals surface area contributed by atoms with E-state index in [9.17, 15) is 22.8 Å². The van der Waals surface area contributed by atoms with Crippen molar-refractivity contribution < 1.29 is 22.8 Å². The van der Waals surface area contributed by atoms with E-state index in [0.717, 1.165) is 12.1 Å². The minimum absolute atomic E-state index is 0.0955. The molecule has 1 saturated carbocycles. The van der Waals surface area contributed by atoms with Gasteiger partial charge in [0.25, 0.3) is 0 Å².